The van der Waals surface area contributed by atoms with Crippen LogP contribution in [0.5, 0.6) is 5.75 Å². The number of benzene rings is 1. The molecule has 0 saturated carbocycles. The molecule has 1 aromatic heterocycles. The van der Waals surface area contributed by atoms with Crippen LogP contribution in [0, 0.1) is 0 Å². The zero-order chi connectivity index (χ0) is 16.9. The number of carbonyl (C=O) groups is 1. The van der Waals surface area contributed by atoms with E-state index in [1.165, 1.54) is 6.42 Å². The van der Waals surface area contributed by atoms with E-state index in [4.69, 9.17) is 16.3 Å². The van der Waals surface area contributed by atoms with Gasteiger partial charge in [-0.3, -0.25) is 4.79 Å². The van der Waals surface area contributed by atoms with Crippen LogP contribution in [0.3, 0.4) is 0 Å². The zero-order valence-corrected chi connectivity index (χ0v) is 14.2. The highest BCUT2D eigenvalue weighted by molar-refractivity contribution is 6.32. The van der Waals surface area contributed by atoms with Crippen molar-refractivity contribution in [3.8, 4) is 5.75 Å². The van der Waals surface area contributed by atoms with Crippen LogP contribution >= 0.6 is 11.6 Å². The van der Waals surface area contributed by atoms with E-state index in [0.29, 0.717) is 28.0 Å². The number of amides is 1. The third-order valence-corrected chi connectivity index (χ3v) is 4.24. The molecule has 3 rings (SSSR count). The molecule has 0 bridgehead atoms. The summed E-state index contributed by atoms with van der Waals surface area (Å²) in [6.45, 7) is 1.94. The molecule has 1 saturated heterocycles. The molecule has 2 aromatic rings. The average Bonchev–Trinajstić information content (AvgIpc) is 2.63. The third-order valence-electron chi connectivity index (χ3n) is 3.95. The average molecular weight is 347 g/mol. The van der Waals surface area contributed by atoms with Crippen LogP contribution < -0.4 is 15.0 Å². The van der Waals surface area contributed by atoms with Crippen molar-refractivity contribution in [1.82, 2.24) is 9.97 Å². The maximum absolute atomic E-state index is 12.3. The summed E-state index contributed by atoms with van der Waals surface area (Å²) >= 11 is 6.06. The fraction of sp³-hybridized carbons (Fsp3) is 0.353. The molecule has 1 fully saturated rings. The van der Waals surface area contributed by atoms with Gasteiger partial charge in [-0.1, -0.05) is 11.6 Å². The molecule has 1 N–H and O–H groups in total. The van der Waals surface area contributed by atoms with E-state index in [1.807, 2.05) is 0 Å². The van der Waals surface area contributed by atoms with Crippen molar-refractivity contribution >= 4 is 29.1 Å². The second-order valence-electron chi connectivity index (χ2n) is 5.62. The molecule has 6 nitrogen and oxygen atoms in total. The molecule has 1 aliphatic rings. The van der Waals surface area contributed by atoms with Gasteiger partial charge in [-0.15, -0.1) is 0 Å². The Kier molecular flexibility index (Phi) is 5.15. The number of rotatable bonds is 4. The molecular weight excluding hydrogens is 328 g/mol. The number of aromatic nitrogens is 2. The van der Waals surface area contributed by atoms with Crippen LogP contribution in [0.15, 0.2) is 30.6 Å². The first-order chi connectivity index (χ1) is 11.7. The second-order valence-corrected chi connectivity index (χ2v) is 6.03. The number of halogens is 1. The molecule has 0 atom stereocenters. The Bertz CT molecular complexity index is 715. The molecular formula is C17H19ClN4O2. The Morgan fingerprint density at radius 2 is 1.92 bits per heavy atom. The van der Waals surface area contributed by atoms with Gasteiger partial charge in [-0.25, -0.2) is 9.97 Å². The lowest BCUT2D eigenvalue weighted by molar-refractivity contribution is 0.102. The van der Waals surface area contributed by atoms with E-state index in [9.17, 15) is 4.79 Å². The quantitative estimate of drug-likeness (QED) is 0.919. The van der Waals surface area contributed by atoms with E-state index in [0.717, 1.165) is 25.9 Å². The van der Waals surface area contributed by atoms with Crippen LogP contribution in [0.1, 0.15) is 29.6 Å². The summed E-state index contributed by atoms with van der Waals surface area (Å²) in [7, 11) is 1.54. The first-order valence-corrected chi connectivity index (χ1v) is 8.27. The van der Waals surface area contributed by atoms with E-state index in [2.05, 4.69) is 20.2 Å². The molecule has 0 spiro atoms. The number of hydrogen-bond acceptors (Lipinski definition) is 5. The van der Waals surface area contributed by atoms with Crippen molar-refractivity contribution in [2.24, 2.45) is 0 Å². The Morgan fingerprint density at radius 3 is 2.54 bits per heavy atom. The van der Waals surface area contributed by atoms with Gasteiger partial charge in [-0.05, 0) is 37.5 Å². The van der Waals surface area contributed by atoms with Crippen molar-refractivity contribution in [2.45, 2.75) is 19.3 Å². The number of piperidine rings is 1. The van der Waals surface area contributed by atoms with Gasteiger partial charge >= 0.3 is 0 Å². The van der Waals surface area contributed by atoms with E-state index in [-0.39, 0.29) is 5.91 Å². The molecule has 0 radical (unpaired) electrons. The van der Waals surface area contributed by atoms with Crippen molar-refractivity contribution in [1.29, 1.82) is 0 Å². The lowest BCUT2D eigenvalue weighted by Crippen LogP contribution is -2.31. The van der Waals surface area contributed by atoms with Gasteiger partial charge in [0.2, 0.25) is 5.95 Å². The highest BCUT2D eigenvalue weighted by Gasteiger charge is 2.15. The first-order valence-electron chi connectivity index (χ1n) is 7.89. The summed E-state index contributed by atoms with van der Waals surface area (Å²) < 4.78 is 5.09. The fourth-order valence-electron chi connectivity index (χ4n) is 2.64. The second kappa shape index (κ2) is 7.49. The summed E-state index contributed by atoms with van der Waals surface area (Å²) in [6.07, 6.45) is 6.67. The van der Waals surface area contributed by atoms with Crippen LogP contribution in [0.25, 0.3) is 0 Å². The van der Waals surface area contributed by atoms with Crippen LogP contribution in [0.2, 0.25) is 5.02 Å². The standard InChI is InChI=1S/C17H19ClN4O2/c1-24-15-6-5-13(9-14(15)18)21-16(23)12-10-19-17(20-11-12)22-7-3-2-4-8-22/h5-6,9-11H,2-4,7-8H2,1H3,(H,21,23). The van der Waals surface area contributed by atoms with Crippen molar-refractivity contribution in [2.75, 3.05) is 30.4 Å². The van der Waals surface area contributed by atoms with E-state index in [1.54, 1.807) is 37.7 Å². The molecule has 2 heterocycles. The molecule has 7 heteroatoms. The SMILES string of the molecule is COc1ccc(NC(=O)c2cnc(N3CCCCC3)nc2)cc1Cl. The molecule has 24 heavy (non-hydrogen) atoms. The third kappa shape index (κ3) is 3.76. The number of hydrogen-bond donors (Lipinski definition) is 1. The number of carbonyl (C=O) groups excluding carboxylic acids is 1. The van der Waals surface area contributed by atoms with Crippen LogP contribution in [-0.4, -0.2) is 36.1 Å². The summed E-state index contributed by atoms with van der Waals surface area (Å²) in [5.74, 6) is 0.962. The number of anilines is 2. The topological polar surface area (TPSA) is 67.3 Å². The smallest absolute Gasteiger partial charge is 0.258 e. The van der Waals surface area contributed by atoms with E-state index < -0.39 is 0 Å². The molecule has 1 aromatic carbocycles. The van der Waals surface area contributed by atoms with Crippen molar-refractivity contribution in [3.05, 3.63) is 41.2 Å². The van der Waals surface area contributed by atoms with Crippen LogP contribution in [-0.2, 0) is 0 Å². The zero-order valence-electron chi connectivity index (χ0n) is 13.5. The number of ether oxygens (including phenoxy) is 1. The summed E-state index contributed by atoms with van der Waals surface area (Å²) in [5.41, 5.74) is 0.994. The Morgan fingerprint density at radius 1 is 1.21 bits per heavy atom. The van der Waals surface area contributed by atoms with Crippen molar-refractivity contribution in [3.63, 3.8) is 0 Å². The number of nitrogens with one attached hydrogen (secondary N) is 1. The summed E-state index contributed by atoms with van der Waals surface area (Å²) in [6, 6.07) is 5.07. The minimum Gasteiger partial charge on any atom is -0.495 e. The fourth-order valence-corrected chi connectivity index (χ4v) is 2.90. The van der Waals surface area contributed by atoms with Gasteiger partial charge in [0.1, 0.15) is 5.75 Å². The summed E-state index contributed by atoms with van der Waals surface area (Å²) in [5, 5.41) is 3.21. The number of nitrogens with zero attached hydrogens (tertiary/aromatic N) is 3. The van der Waals surface area contributed by atoms with E-state index >= 15 is 0 Å². The lowest BCUT2D eigenvalue weighted by Gasteiger charge is -2.26. The van der Waals surface area contributed by atoms with Gasteiger partial charge in [-0.2, -0.15) is 0 Å². The predicted octanol–water partition coefficient (Wildman–Crippen LogP) is 3.38. The normalized spacial score (nSPS) is 14.3. The lowest BCUT2D eigenvalue weighted by atomic mass is 10.1. The maximum atomic E-state index is 12.3. The minimum absolute atomic E-state index is 0.276. The molecule has 0 unspecified atom stereocenters. The van der Waals surface area contributed by atoms with Gasteiger partial charge in [0.25, 0.3) is 5.91 Å². The van der Waals surface area contributed by atoms with Crippen LogP contribution in [0.4, 0.5) is 11.6 Å². The van der Waals surface area contributed by atoms with Gasteiger partial charge in [0.15, 0.2) is 0 Å². The molecule has 126 valence electrons. The predicted molar refractivity (Wildman–Crippen MR) is 94.1 cm³/mol. The highest BCUT2D eigenvalue weighted by atomic mass is 35.5. The maximum Gasteiger partial charge on any atom is 0.258 e. The molecule has 0 aliphatic carbocycles. The largest absolute Gasteiger partial charge is 0.495 e. The Hall–Kier alpha value is -2.34. The first kappa shape index (κ1) is 16.5. The highest BCUT2D eigenvalue weighted by Crippen LogP contribution is 2.27. The Labute approximate surface area is 145 Å². The molecule has 1 amide bonds. The Balaban J connectivity index is 1.67. The monoisotopic (exact) mass is 346 g/mol. The van der Waals surface area contributed by atoms with Gasteiger partial charge in [0.05, 0.1) is 17.7 Å². The van der Waals surface area contributed by atoms with Gasteiger partial charge < -0.3 is 15.0 Å². The molecule has 1 aliphatic heterocycles. The van der Waals surface area contributed by atoms with Crippen molar-refractivity contribution < 1.29 is 9.53 Å². The summed E-state index contributed by atoms with van der Waals surface area (Å²) in [4.78, 5) is 23.1. The minimum atomic E-state index is -0.276. The number of methoxy groups -OCH3 is 1. The van der Waals surface area contributed by atoms with Gasteiger partial charge in [0, 0.05) is 31.2 Å².